The average Bonchev–Trinajstić information content (AvgIpc) is 3.32. The first kappa shape index (κ1) is 17.0. The first-order chi connectivity index (χ1) is 12.1. The Morgan fingerprint density at radius 3 is 2.88 bits per heavy atom. The molecule has 1 fully saturated rings. The molecule has 1 aliphatic rings. The van der Waals surface area contributed by atoms with E-state index in [-0.39, 0.29) is 5.91 Å². The molecule has 2 aromatic rings. The number of hydrogen-bond acceptors (Lipinski definition) is 6. The number of methoxy groups -OCH3 is 1. The van der Waals surface area contributed by atoms with E-state index in [0.717, 1.165) is 18.4 Å². The second-order valence-electron chi connectivity index (χ2n) is 6.28. The minimum Gasteiger partial charge on any atom is -0.497 e. The second-order valence-corrected chi connectivity index (χ2v) is 6.28. The molecule has 25 heavy (non-hydrogen) atoms. The van der Waals surface area contributed by atoms with Crippen LogP contribution < -0.4 is 10.1 Å². The van der Waals surface area contributed by atoms with E-state index in [9.17, 15) is 10.1 Å². The largest absolute Gasteiger partial charge is 0.497 e. The van der Waals surface area contributed by atoms with Crippen LogP contribution in [0.1, 0.15) is 44.5 Å². The van der Waals surface area contributed by atoms with Gasteiger partial charge < -0.3 is 14.6 Å². The van der Waals surface area contributed by atoms with Gasteiger partial charge in [0.15, 0.2) is 0 Å². The van der Waals surface area contributed by atoms with Crippen LogP contribution in [-0.2, 0) is 4.79 Å². The van der Waals surface area contributed by atoms with Gasteiger partial charge in [-0.3, -0.25) is 4.79 Å². The fourth-order valence-electron chi connectivity index (χ4n) is 3.06. The minimum absolute atomic E-state index is 0.263. The zero-order valence-electron chi connectivity index (χ0n) is 14.3. The van der Waals surface area contributed by atoms with Crippen molar-refractivity contribution < 1.29 is 14.1 Å². The van der Waals surface area contributed by atoms with Crippen molar-refractivity contribution in [3.8, 4) is 23.2 Å². The number of hydrogen-bond donors (Lipinski definition) is 1. The number of carbonyl (C=O) groups excluding carboxylic acids is 1. The first-order valence-corrected chi connectivity index (χ1v) is 8.28. The topological polar surface area (TPSA) is 101 Å². The molecule has 3 rings (SSSR count). The van der Waals surface area contributed by atoms with Crippen LogP contribution in [0.5, 0.6) is 5.75 Å². The predicted molar refractivity (Wildman–Crippen MR) is 89.4 cm³/mol. The molecule has 1 aromatic carbocycles. The molecule has 0 radical (unpaired) electrons. The Morgan fingerprint density at radius 2 is 2.20 bits per heavy atom. The molecule has 1 heterocycles. The van der Waals surface area contributed by atoms with Crippen LogP contribution in [0, 0.1) is 16.7 Å². The van der Waals surface area contributed by atoms with E-state index in [0.29, 0.717) is 30.3 Å². The fraction of sp³-hybridized carbons (Fsp3) is 0.444. The van der Waals surface area contributed by atoms with Crippen LogP contribution in [0.2, 0.25) is 0 Å². The molecule has 0 bridgehead atoms. The van der Waals surface area contributed by atoms with Crippen molar-refractivity contribution in [2.45, 2.75) is 38.6 Å². The van der Waals surface area contributed by atoms with Gasteiger partial charge in [-0.25, -0.2) is 0 Å². The Balaban J connectivity index is 1.73. The maximum atomic E-state index is 12.5. The monoisotopic (exact) mass is 340 g/mol. The number of benzene rings is 1. The summed E-state index contributed by atoms with van der Waals surface area (Å²) in [6, 6.07) is 9.04. The number of nitriles is 1. The zero-order chi connectivity index (χ0) is 17.9. The lowest BCUT2D eigenvalue weighted by molar-refractivity contribution is -0.128. The molecule has 1 aromatic heterocycles. The number of amides is 1. The van der Waals surface area contributed by atoms with Crippen molar-refractivity contribution >= 4 is 5.91 Å². The molecular weight excluding hydrogens is 320 g/mol. The van der Waals surface area contributed by atoms with Crippen LogP contribution in [0.3, 0.4) is 0 Å². The minimum atomic E-state index is -0.927. The first-order valence-electron chi connectivity index (χ1n) is 8.28. The molecule has 1 aliphatic carbocycles. The van der Waals surface area contributed by atoms with Crippen LogP contribution >= 0.6 is 0 Å². The van der Waals surface area contributed by atoms with Crippen LogP contribution in [0.25, 0.3) is 11.4 Å². The highest BCUT2D eigenvalue weighted by molar-refractivity contribution is 5.86. The molecule has 0 unspecified atom stereocenters. The van der Waals surface area contributed by atoms with Gasteiger partial charge >= 0.3 is 0 Å². The van der Waals surface area contributed by atoms with Crippen LogP contribution in [-0.4, -0.2) is 23.2 Å². The van der Waals surface area contributed by atoms with Gasteiger partial charge in [-0.05, 0) is 31.9 Å². The summed E-state index contributed by atoms with van der Waals surface area (Å²) in [7, 11) is 1.59. The summed E-state index contributed by atoms with van der Waals surface area (Å²) in [6.45, 7) is 1.76. The Kier molecular flexibility index (Phi) is 4.70. The summed E-state index contributed by atoms with van der Waals surface area (Å²) < 4.78 is 10.5. The number of nitrogens with one attached hydrogen (secondary N) is 1. The third-order valence-corrected chi connectivity index (χ3v) is 4.59. The third-order valence-electron chi connectivity index (χ3n) is 4.59. The molecule has 0 spiro atoms. The maximum Gasteiger partial charge on any atom is 0.249 e. The lowest BCUT2D eigenvalue weighted by Gasteiger charge is -2.21. The van der Waals surface area contributed by atoms with Gasteiger partial charge in [0.05, 0.1) is 13.2 Å². The van der Waals surface area contributed by atoms with Crippen molar-refractivity contribution in [2.24, 2.45) is 5.41 Å². The molecule has 1 atom stereocenters. The number of aromatic nitrogens is 2. The van der Waals surface area contributed by atoms with Gasteiger partial charge in [-0.1, -0.05) is 30.1 Å². The fourth-order valence-corrected chi connectivity index (χ4v) is 3.06. The standard InChI is InChI=1S/C18H20N4O3/c1-12(20-17(23)18(11-19)8-3-4-9-18)16-21-15(22-25-16)13-6-5-7-14(10-13)24-2/h5-7,10,12H,3-4,8-9H2,1-2H3,(H,20,23)/t12-/m0/s1. The van der Waals surface area contributed by atoms with Crippen molar-refractivity contribution in [3.05, 3.63) is 30.2 Å². The van der Waals surface area contributed by atoms with E-state index < -0.39 is 11.5 Å². The zero-order valence-corrected chi connectivity index (χ0v) is 14.3. The SMILES string of the molecule is COc1cccc(-c2noc([C@H](C)NC(=O)C3(C#N)CCCC3)n2)c1. The van der Waals surface area contributed by atoms with Gasteiger partial charge in [-0.15, -0.1) is 0 Å². The molecule has 0 aliphatic heterocycles. The Bertz CT molecular complexity index is 803. The quantitative estimate of drug-likeness (QED) is 0.898. The lowest BCUT2D eigenvalue weighted by atomic mass is 9.87. The highest BCUT2D eigenvalue weighted by Crippen LogP contribution is 2.38. The highest BCUT2D eigenvalue weighted by atomic mass is 16.5. The Hall–Kier alpha value is -2.88. The van der Waals surface area contributed by atoms with Gasteiger partial charge in [0.2, 0.25) is 17.6 Å². The van der Waals surface area contributed by atoms with E-state index in [1.54, 1.807) is 20.1 Å². The molecule has 130 valence electrons. The van der Waals surface area contributed by atoms with Gasteiger partial charge in [0.25, 0.3) is 0 Å². The molecule has 7 heteroatoms. The third kappa shape index (κ3) is 3.33. The van der Waals surface area contributed by atoms with Crippen LogP contribution in [0.4, 0.5) is 0 Å². The van der Waals surface area contributed by atoms with Crippen LogP contribution in [0.15, 0.2) is 28.8 Å². The number of carbonyl (C=O) groups is 1. The van der Waals surface area contributed by atoms with E-state index >= 15 is 0 Å². The van der Waals surface area contributed by atoms with Gasteiger partial charge in [0.1, 0.15) is 17.2 Å². The van der Waals surface area contributed by atoms with E-state index in [4.69, 9.17) is 9.26 Å². The molecule has 0 saturated heterocycles. The smallest absolute Gasteiger partial charge is 0.249 e. The number of ether oxygens (including phenoxy) is 1. The number of nitrogens with zero attached hydrogens (tertiary/aromatic N) is 3. The molecule has 7 nitrogen and oxygen atoms in total. The normalized spacial score (nSPS) is 16.8. The molecule has 1 saturated carbocycles. The van der Waals surface area contributed by atoms with Crippen molar-refractivity contribution in [3.63, 3.8) is 0 Å². The Morgan fingerprint density at radius 1 is 1.44 bits per heavy atom. The summed E-state index contributed by atoms with van der Waals surface area (Å²) in [4.78, 5) is 16.9. The second kappa shape index (κ2) is 6.93. The molecule has 1 amide bonds. The van der Waals surface area contributed by atoms with Gasteiger partial charge in [0, 0.05) is 5.56 Å². The van der Waals surface area contributed by atoms with Crippen molar-refractivity contribution in [1.29, 1.82) is 5.26 Å². The highest BCUT2D eigenvalue weighted by Gasteiger charge is 2.42. The Labute approximate surface area is 146 Å². The number of rotatable bonds is 5. The average molecular weight is 340 g/mol. The van der Waals surface area contributed by atoms with Crippen molar-refractivity contribution in [1.82, 2.24) is 15.5 Å². The van der Waals surface area contributed by atoms with E-state index in [2.05, 4.69) is 21.5 Å². The summed E-state index contributed by atoms with van der Waals surface area (Å²) in [5.74, 6) is 1.16. The summed E-state index contributed by atoms with van der Waals surface area (Å²) in [5, 5.41) is 16.2. The van der Waals surface area contributed by atoms with Gasteiger partial charge in [-0.2, -0.15) is 10.2 Å². The lowest BCUT2D eigenvalue weighted by Crippen LogP contribution is -2.39. The predicted octanol–water partition coefficient (Wildman–Crippen LogP) is 3.01. The van der Waals surface area contributed by atoms with E-state index in [1.807, 2.05) is 18.2 Å². The molecule has 1 N–H and O–H groups in total. The summed E-state index contributed by atoms with van der Waals surface area (Å²) >= 11 is 0. The van der Waals surface area contributed by atoms with Crippen molar-refractivity contribution in [2.75, 3.05) is 7.11 Å². The molecular formula is C18H20N4O3. The maximum absolute atomic E-state index is 12.5. The summed E-state index contributed by atoms with van der Waals surface area (Å²) in [6.07, 6.45) is 2.99. The van der Waals surface area contributed by atoms with E-state index in [1.165, 1.54) is 0 Å². The summed E-state index contributed by atoms with van der Waals surface area (Å²) in [5.41, 5.74) is -0.165.